The van der Waals surface area contributed by atoms with E-state index in [9.17, 15) is 0 Å². The number of benzene rings is 2. The topological polar surface area (TPSA) is 25.8 Å². The highest BCUT2D eigenvalue weighted by atomic mass is 35.5. The Labute approximate surface area is 129 Å². The van der Waals surface area contributed by atoms with Crippen LogP contribution in [0.15, 0.2) is 54.9 Å². The summed E-state index contributed by atoms with van der Waals surface area (Å²) >= 11 is 6.27. The number of para-hydroxylation sites is 1. The summed E-state index contributed by atoms with van der Waals surface area (Å²) in [5.74, 6) is 0.422. The first-order chi connectivity index (χ1) is 10.3. The molecule has 0 radical (unpaired) electrons. The van der Waals surface area contributed by atoms with Crippen LogP contribution in [0.3, 0.4) is 0 Å². The molecule has 3 aromatic rings. The van der Waals surface area contributed by atoms with E-state index in [4.69, 9.17) is 11.6 Å². The van der Waals surface area contributed by atoms with E-state index >= 15 is 0 Å². The molecule has 3 rings (SSSR count). The van der Waals surface area contributed by atoms with Crippen molar-refractivity contribution in [3.05, 3.63) is 71.0 Å². The van der Waals surface area contributed by atoms with Crippen molar-refractivity contribution in [3.8, 4) is 0 Å². The highest BCUT2D eigenvalue weighted by Gasteiger charge is 2.10. The van der Waals surface area contributed by atoms with Gasteiger partial charge in [-0.1, -0.05) is 48.9 Å². The van der Waals surface area contributed by atoms with Crippen molar-refractivity contribution in [1.29, 1.82) is 0 Å². The maximum absolute atomic E-state index is 6.27. The lowest BCUT2D eigenvalue weighted by molar-refractivity contribution is 0.681. The second-order valence-corrected chi connectivity index (χ2v) is 5.71. The Bertz CT molecular complexity index is 750. The number of fused-ring (bicyclic) bond motifs is 1. The minimum Gasteiger partial charge on any atom is -0.253 e. The molecule has 1 atom stereocenters. The number of aryl methyl sites for hydroxylation is 1. The Hall–Kier alpha value is -1.93. The first-order valence-electron chi connectivity index (χ1n) is 7.19. The van der Waals surface area contributed by atoms with Gasteiger partial charge in [0.25, 0.3) is 0 Å². The molecule has 0 aliphatic carbocycles. The van der Waals surface area contributed by atoms with Crippen molar-refractivity contribution in [2.75, 3.05) is 0 Å². The zero-order valence-electron chi connectivity index (χ0n) is 12.0. The van der Waals surface area contributed by atoms with Gasteiger partial charge in [-0.3, -0.25) is 9.97 Å². The first-order valence-corrected chi connectivity index (χ1v) is 7.56. The van der Waals surface area contributed by atoms with Gasteiger partial charge in [0.05, 0.1) is 11.0 Å². The second-order valence-electron chi connectivity index (χ2n) is 5.30. The highest BCUT2D eigenvalue weighted by molar-refractivity contribution is 6.31. The molecule has 0 aliphatic rings. The maximum Gasteiger partial charge on any atom is 0.0918 e. The fourth-order valence-corrected chi connectivity index (χ4v) is 2.98. The predicted molar refractivity (Wildman–Crippen MR) is 87.7 cm³/mol. The number of hydrogen-bond acceptors (Lipinski definition) is 2. The van der Waals surface area contributed by atoms with E-state index in [2.05, 4.69) is 29.0 Å². The number of nitrogens with zero attached hydrogens (tertiary/aromatic N) is 2. The quantitative estimate of drug-likeness (QED) is 0.675. The largest absolute Gasteiger partial charge is 0.253 e. The van der Waals surface area contributed by atoms with Crippen LogP contribution >= 0.6 is 11.6 Å². The van der Waals surface area contributed by atoms with Crippen LogP contribution in [0.25, 0.3) is 11.0 Å². The van der Waals surface area contributed by atoms with Crippen LogP contribution in [0.2, 0.25) is 5.02 Å². The van der Waals surface area contributed by atoms with E-state index in [1.54, 1.807) is 12.4 Å². The third kappa shape index (κ3) is 3.06. The highest BCUT2D eigenvalue weighted by Crippen LogP contribution is 2.28. The van der Waals surface area contributed by atoms with Gasteiger partial charge < -0.3 is 0 Å². The third-order valence-corrected chi connectivity index (χ3v) is 4.21. The maximum atomic E-state index is 6.27. The van der Waals surface area contributed by atoms with Gasteiger partial charge in [0.2, 0.25) is 0 Å². The molecule has 3 heteroatoms. The zero-order valence-corrected chi connectivity index (χ0v) is 12.7. The molecular formula is C18H17ClN2. The molecule has 0 spiro atoms. The van der Waals surface area contributed by atoms with Crippen LogP contribution in [0.5, 0.6) is 0 Å². The molecule has 106 valence electrons. The van der Waals surface area contributed by atoms with E-state index in [0.29, 0.717) is 5.92 Å². The summed E-state index contributed by atoms with van der Waals surface area (Å²) in [7, 11) is 0. The van der Waals surface area contributed by atoms with Crippen molar-refractivity contribution < 1.29 is 0 Å². The summed E-state index contributed by atoms with van der Waals surface area (Å²) in [5.41, 5.74) is 4.43. The van der Waals surface area contributed by atoms with Crippen LogP contribution in [-0.2, 0) is 6.42 Å². The summed E-state index contributed by atoms with van der Waals surface area (Å²) in [5, 5.41) is 0.850. The minimum absolute atomic E-state index is 0.422. The molecule has 1 unspecified atom stereocenters. The monoisotopic (exact) mass is 296 g/mol. The van der Waals surface area contributed by atoms with E-state index in [1.165, 1.54) is 11.1 Å². The van der Waals surface area contributed by atoms with E-state index in [1.807, 2.05) is 30.3 Å². The van der Waals surface area contributed by atoms with Crippen molar-refractivity contribution >= 4 is 22.6 Å². The molecule has 0 bridgehead atoms. The Morgan fingerprint density at radius 3 is 2.67 bits per heavy atom. The number of hydrogen-bond donors (Lipinski definition) is 0. The van der Waals surface area contributed by atoms with Crippen LogP contribution in [0.1, 0.15) is 30.4 Å². The van der Waals surface area contributed by atoms with Gasteiger partial charge in [-0.2, -0.15) is 0 Å². The minimum atomic E-state index is 0.422. The standard InChI is InChI=1S/C18H17ClN2/c1-13(15-6-2-3-7-16(15)19)9-10-14-5-4-8-17-18(14)21-12-11-20-17/h2-8,11-13H,9-10H2,1H3. The van der Waals surface area contributed by atoms with Gasteiger partial charge in [-0.15, -0.1) is 0 Å². The van der Waals surface area contributed by atoms with E-state index in [0.717, 1.165) is 28.9 Å². The van der Waals surface area contributed by atoms with Gasteiger partial charge in [-0.05, 0) is 42.0 Å². The molecule has 0 aliphatic heterocycles. The molecule has 2 aromatic carbocycles. The Morgan fingerprint density at radius 1 is 1.00 bits per heavy atom. The Balaban J connectivity index is 1.79. The van der Waals surface area contributed by atoms with Crippen LogP contribution in [-0.4, -0.2) is 9.97 Å². The summed E-state index contributed by atoms with van der Waals surface area (Å²) in [6.07, 6.45) is 5.50. The molecule has 0 fully saturated rings. The summed E-state index contributed by atoms with van der Waals surface area (Å²) in [6.45, 7) is 2.22. The van der Waals surface area contributed by atoms with Gasteiger partial charge >= 0.3 is 0 Å². The summed E-state index contributed by atoms with van der Waals surface area (Å²) < 4.78 is 0. The van der Waals surface area contributed by atoms with Gasteiger partial charge in [-0.25, -0.2) is 0 Å². The van der Waals surface area contributed by atoms with E-state index < -0.39 is 0 Å². The lowest BCUT2D eigenvalue weighted by Gasteiger charge is -2.14. The summed E-state index contributed by atoms with van der Waals surface area (Å²) in [4.78, 5) is 8.82. The van der Waals surface area contributed by atoms with Crippen molar-refractivity contribution in [2.45, 2.75) is 25.7 Å². The van der Waals surface area contributed by atoms with Gasteiger partial charge in [0.1, 0.15) is 0 Å². The SMILES string of the molecule is CC(CCc1cccc2nccnc12)c1ccccc1Cl. The van der Waals surface area contributed by atoms with Gasteiger partial charge in [0, 0.05) is 17.4 Å². The van der Waals surface area contributed by atoms with Crippen LogP contribution < -0.4 is 0 Å². The molecule has 21 heavy (non-hydrogen) atoms. The van der Waals surface area contributed by atoms with Crippen LogP contribution in [0.4, 0.5) is 0 Å². The lowest BCUT2D eigenvalue weighted by atomic mass is 9.93. The molecular weight excluding hydrogens is 280 g/mol. The Kier molecular flexibility index (Phi) is 4.16. The molecule has 1 heterocycles. The molecule has 2 nitrogen and oxygen atoms in total. The Morgan fingerprint density at radius 2 is 1.81 bits per heavy atom. The molecule has 0 amide bonds. The fraction of sp³-hybridized carbons (Fsp3) is 0.222. The van der Waals surface area contributed by atoms with E-state index in [-0.39, 0.29) is 0 Å². The summed E-state index contributed by atoms with van der Waals surface area (Å²) in [6, 6.07) is 14.3. The molecule has 0 saturated carbocycles. The average molecular weight is 297 g/mol. The van der Waals surface area contributed by atoms with Crippen LogP contribution in [0, 0.1) is 0 Å². The van der Waals surface area contributed by atoms with Crippen molar-refractivity contribution in [1.82, 2.24) is 9.97 Å². The first kappa shape index (κ1) is 14.0. The smallest absolute Gasteiger partial charge is 0.0918 e. The predicted octanol–water partition coefficient (Wildman–Crippen LogP) is 5.02. The number of halogens is 1. The average Bonchev–Trinajstić information content (AvgIpc) is 2.53. The molecule has 0 saturated heterocycles. The molecule has 0 N–H and O–H groups in total. The number of rotatable bonds is 4. The zero-order chi connectivity index (χ0) is 14.7. The second kappa shape index (κ2) is 6.23. The normalized spacial score (nSPS) is 12.5. The fourth-order valence-electron chi connectivity index (χ4n) is 2.66. The van der Waals surface area contributed by atoms with Crippen molar-refractivity contribution in [2.24, 2.45) is 0 Å². The van der Waals surface area contributed by atoms with Crippen molar-refractivity contribution in [3.63, 3.8) is 0 Å². The van der Waals surface area contributed by atoms with Gasteiger partial charge in [0.15, 0.2) is 0 Å². The molecule has 1 aromatic heterocycles. The third-order valence-electron chi connectivity index (χ3n) is 3.87. The lowest BCUT2D eigenvalue weighted by Crippen LogP contribution is -1.98. The number of aromatic nitrogens is 2.